The van der Waals surface area contributed by atoms with Gasteiger partial charge in [0.1, 0.15) is 24.0 Å². The molecule has 100 valence electrons. The summed E-state index contributed by atoms with van der Waals surface area (Å²) in [5, 5.41) is 18.6. The van der Waals surface area contributed by atoms with Crippen LogP contribution in [0, 0.1) is 18.3 Å². The highest BCUT2D eigenvalue weighted by molar-refractivity contribution is 5.88. The molecule has 0 spiro atoms. The molecular formula is C15H12N2O3. The van der Waals surface area contributed by atoms with Crippen molar-refractivity contribution in [1.82, 2.24) is 4.98 Å². The average molecular weight is 268 g/mol. The molecule has 0 radical (unpaired) electrons. The molecule has 0 aliphatic carbocycles. The Morgan fingerprint density at radius 1 is 1.55 bits per heavy atom. The van der Waals surface area contributed by atoms with Crippen LogP contribution in [0.1, 0.15) is 11.1 Å². The summed E-state index contributed by atoms with van der Waals surface area (Å²) in [6, 6.07) is 7.57. The zero-order chi connectivity index (χ0) is 14.7. The largest absolute Gasteiger partial charge is 0.486 e. The van der Waals surface area contributed by atoms with Crippen molar-refractivity contribution in [2.45, 2.75) is 6.92 Å². The van der Waals surface area contributed by atoms with E-state index >= 15 is 0 Å². The Morgan fingerprint density at radius 2 is 2.30 bits per heavy atom. The van der Waals surface area contributed by atoms with E-state index in [0.717, 1.165) is 5.56 Å². The molecule has 5 nitrogen and oxygen atoms in total. The van der Waals surface area contributed by atoms with Crippen molar-refractivity contribution >= 4 is 16.9 Å². The van der Waals surface area contributed by atoms with Crippen LogP contribution >= 0.6 is 0 Å². The van der Waals surface area contributed by atoms with E-state index in [0.29, 0.717) is 16.7 Å². The lowest BCUT2D eigenvalue weighted by Crippen LogP contribution is -2.10. The number of ether oxygens (including phenoxy) is 1. The van der Waals surface area contributed by atoms with Crippen LogP contribution in [0.5, 0.6) is 5.75 Å². The topological polar surface area (TPSA) is 83.2 Å². The molecule has 0 aliphatic heterocycles. The van der Waals surface area contributed by atoms with Crippen molar-refractivity contribution in [2.24, 2.45) is 0 Å². The second-order valence-electron chi connectivity index (χ2n) is 4.33. The van der Waals surface area contributed by atoms with Gasteiger partial charge in [-0.15, -0.1) is 0 Å². The van der Waals surface area contributed by atoms with Gasteiger partial charge in [-0.05, 0) is 19.1 Å². The summed E-state index contributed by atoms with van der Waals surface area (Å²) in [7, 11) is 0. The lowest BCUT2D eigenvalue weighted by Gasteiger charge is -2.11. The van der Waals surface area contributed by atoms with Gasteiger partial charge in [-0.3, -0.25) is 4.98 Å². The zero-order valence-electron chi connectivity index (χ0n) is 10.9. The van der Waals surface area contributed by atoms with Crippen LogP contribution in [0.2, 0.25) is 0 Å². The van der Waals surface area contributed by atoms with Crippen molar-refractivity contribution in [3.05, 3.63) is 47.7 Å². The Kier molecular flexibility index (Phi) is 3.67. The molecule has 1 aromatic heterocycles. The first-order valence-corrected chi connectivity index (χ1v) is 5.86. The van der Waals surface area contributed by atoms with E-state index in [1.54, 1.807) is 0 Å². The third kappa shape index (κ3) is 2.59. The van der Waals surface area contributed by atoms with Gasteiger partial charge < -0.3 is 9.84 Å². The van der Waals surface area contributed by atoms with Gasteiger partial charge in [0.25, 0.3) is 0 Å². The second kappa shape index (κ2) is 5.41. The summed E-state index contributed by atoms with van der Waals surface area (Å²) in [6.07, 6.45) is 1.41. The Balaban J connectivity index is 2.48. The first kappa shape index (κ1) is 13.6. The summed E-state index contributed by atoms with van der Waals surface area (Å²) in [4.78, 5) is 14.9. The molecule has 1 heterocycles. The molecule has 0 aliphatic rings. The minimum atomic E-state index is -1.13. The molecule has 5 heteroatoms. The summed E-state index contributed by atoms with van der Waals surface area (Å²) in [5.74, 6) is -0.790. The number of hydrogen-bond acceptors (Lipinski definition) is 4. The fourth-order valence-electron chi connectivity index (χ4n) is 1.74. The van der Waals surface area contributed by atoms with Crippen molar-refractivity contribution in [3.63, 3.8) is 0 Å². The van der Waals surface area contributed by atoms with E-state index in [9.17, 15) is 4.79 Å². The quantitative estimate of drug-likeness (QED) is 0.861. The number of nitriles is 1. The molecule has 0 atom stereocenters. The smallest absolute Gasteiger partial charge is 0.334 e. The SMILES string of the molecule is C=C(COc1c(C#N)cnc2ccc(C)cc12)C(=O)O. The molecule has 0 unspecified atom stereocenters. The summed E-state index contributed by atoms with van der Waals surface area (Å²) in [5.41, 5.74) is 1.87. The maximum atomic E-state index is 10.7. The van der Waals surface area contributed by atoms with E-state index in [2.05, 4.69) is 11.6 Å². The van der Waals surface area contributed by atoms with Gasteiger partial charge in [0.15, 0.2) is 0 Å². The Hall–Kier alpha value is -2.87. The molecule has 0 saturated heterocycles. The van der Waals surface area contributed by atoms with Crippen LogP contribution in [0.3, 0.4) is 0 Å². The number of benzene rings is 1. The number of carboxylic acids is 1. The average Bonchev–Trinajstić information content (AvgIpc) is 2.43. The molecule has 0 bridgehead atoms. The van der Waals surface area contributed by atoms with E-state index in [1.165, 1.54) is 6.20 Å². The number of aromatic nitrogens is 1. The van der Waals surface area contributed by atoms with E-state index in [1.807, 2.05) is 31.2 Å². The van der Waals surface area contributed by atoms with Gasteiger partial charge in [0.2, 0.25) is 0 Å². The van der Waals surface area contributed by atoms with Crippen LogP contribution in [-0.4, -0.2) is 22.7 Å². The minimum absolute atomic E-state index is 0.0773. The fourth-order valence-corrected chi connectivity index (χ4v) is 1.74. The van der Waals surface area contributed by atoms with Gasteiger partial charge in [-0.1, -0.05) is 18.2 Å². The van der Waals surface area contributed by atoms with Crippen LogP contribution in [0.25, 0.3) is 10.9 Å². The third-order valence-corrected chi connectivity index (χ3v) is 2.79. The Labute approximate surface area is 115 Å². The highest BCUT2D eigenvalue weighted by Crippen LogP contribution is 2.29. The molecule has 2 rings (SSSR count). The van der Waals surface area contributed by atoms with Crippen LogP contribution in [0.15, 0.2) is 36.5 Å². The number of carboxylic acid groups (broad SMARTS) is 1. The molecule has 0 amide bonds. The Morgan fingerprint density at radius 3 is 2.95 bits per heavy atom. The van der Waals surface area contributed by atoms with Crippen molar-refractivity contribution in [1.29, 1.82) is 5.26 Å². The maximum absolute atomic E-state index is 10.7. The highest BCUT2D eigenvalue weighted by atomic mass is 16.5. The van der Waals surface area contributed by atoms with E-state index in [4.69, 9.17) is 15.1 Å². The lowest BCUT2D eigenvalue weighted by molar-refractivity contribution is -0.133. The maximum Gasteiger partial charge on any atom is 0.334 e. The van der Waals surface area contributed by atoms with Crippen molar-refractivity contribution in [2.75, 3.05) is 6.61 Å². The number of fused-ring (bicyclic) bond motifs is 1. The van der Waals surface area contributed by atoms with Gasteiger partial charge in [0, 0.05) is 11.6 Å². The Bertz CT molecular complexity index is 745. The number of nitrogens with zero attached hydrogens (tertiary/aromatic N) is 2. The minimum Gasteiger partial charge on any atom is -0.486 e. The molecular weight excluding hydrogens is 256 g/mol. The number of carbonyl (C=O) groups is 1. The van der Waals surface area contributed by atoms with Crippen molar-refractivity contribution < 1.29 is 14.6 Å². The fraction of sp³-hybridized carbons (Fsp3) is 0.133. The summed E-state index contributed by atoms with van der Waals surface area (Å²) in [6.45, 7) is 5.13. The van der Waals surface area contributed by atoms with Gasteiger partial charge >= 0.3 is 5.97 Å². The predicted octanol–water partition coefficient (Wildman–Crippen LogP) is 2.43. The zero-order valence-corrected chi connectivity index (χ0v) is 10.9. The van der Waals surface area contributed by atoms with Gasteiger partial charge in [-0.2, -0.15) is 5.26 Å². The van der Waals surface area contributed by atoms with Gasteiger partial charge in [-0.25, -0.2) is 4.79 Å². The van der Waals surface area contributed by atoms with E-state index in [-0.39, 0.29) is 17.7 Å². The first-order valence-electron chi connectivity index (χ1n) is 5.86. The number of aliphatic carboxylic acids is 1. The normalized spacial score (nSPS) is 10.0. The lowest BCUT2D eigenvalue weighted by atomic mass is 10.1. The van der Waals surface area contributed by atoms with Crippen LogP contribution in [0.4, 0.5) is 0 Å². The van der Waals surface area contributed by atoms with Crippen LogP contribution < -0.4 is 4.74 Å². The molecule has 1 N–H and O–H groups in total. The number of rotatable bonds is 4. The number of aryl methyl sites for hydroxylation is 1. The molecule has 20 heavy (non-hydrogen) atoms. The van der Waals surface area contributed by atoms with Crippen LogP contribution in [-0.2, 0) is 4.79 Å². The highest BCUT2D eigenvalue weighted by Gasteiger charge is 2.12. The summed E-state index contributed by atoms with van der Waals surface area (Å²) < 4.78 is 5.48. The third-order valence-electron chi connectivity index (χ3n) is 2.79. The molecule has 0 saturated carbocycles. The second-order valence-corrected chi connectivity index (χ2v) is 4.33. The monoisotopic (exact) mass is 268 g/mol. The van der Waals surface area contributed by atoms with Gasteiger partial charge in [0.05, 0.1) is 11.1 Å². The standard InChI is InChI=1S/C15H12N2O3/c1-9-3-4-13-12(5-9)14(11(6-16)7-17-13)20-8-10(2)15(18)19/h3-5,7H,2,8H2,1H3,(H,18,19). The van der Waals surface area contributed by atoms with E-state index < -0.39 is 5.97 Å². The molecule has 2 aromatic rings. The predicted molar refractivity (Wildman–Crippen MR) is 73.5 cm³/mol. The number of hydrogen-bond donors (Lipinski definition) is 1. The summed E-state index contributed by atoms with van der Waals surface area (Å²) >= 11 is 0. The number of pyridine rings is 1. The molecule has 1 aromatic carbocycles. The van der Waals surface area contributed by atoms with Crippen molar-refractivity contribution in [3.8, 4) is 11.8 Å². The molecule has 0 fully saturated rings. The first-order chi connectivity index (χ1) is 9.52.